The maximum atomic E-state index is 13.5. The van der Waals surface area contributed by atoms with Crippen molar-refractivity contribution in [1.82, 2.24) is 4.31 Å². The fourth-order valence-corrected chi connectivity index (χ4v) is 5.31. The van der Waals surface area contributed by atoms with E-state index in [-0.39, 0.29) is 0 Å². The smallest absolute Gasteiger partial charge is 0.246 e. The van der Waals surface area contributed by atoms with Gasteiger partial charge in [-0.2, -0.15) is 4.31 Å². The van der Waals surface area contributed by atoms with E-state index < -0.39 is 10.0 Å². The number of unbranched alkanes of at least 4 members (excludes halogenated alkanes) is 2. The molecule has 2 aromatic rings. The van der Waals surface area contributed by atoms with Crippen molar-refractivity contribution in [2.45, 2.75) is 51.9 Å². The molecule has 2 aromatic carbocycles. The third-order valence-corrected chi connectivity index (χ3v) is 7.74. The molecule has 1 aliphatic heterocycles. The van der Waals surface area contributed by atoms with Gasteiger partial charge in [0.2, 0.25) is 10.0 Å². The van der Waals surface area contributed by atoms with Crippen LogP contribution in [0.25, 0.3) is 0 Å². The predicted molar refractivity (Wildman–Crippen MR) is 123 cm³/mol. The molecule has 1 aliphatic rings. The maximum absolute atomic E-state index is 13.5. The summed E-state index contributed by atoms with van der Waals surface area (Å²) in [6.07, 6.45) is 3.11. The van der Waals surface area contributed by atoms with Gasteiger partial charge in [-0.15, -0.1) is 0 Å². The van der Waals surface area contributed by atoms with Crippen LogP contribution in [0.15, 0.2) is 41.3 Å². The van der Waals surface area contributed by atoms with Crippen LogP contribution in [0.2, 0.25) is 0 Å². The van der Waals surface area contributed by atoms with Gasteiger partial charge in [-0.05, 0) is 62.6 Å². The molecule has 0 aliphatic carbocycles. The first kappa shape index (κ1) is 22.6. The lowest BCUT2D eigenvalue weighted by molar-refractivity contribution is 0.296. The van der Waals surface area contributed by atoms with Crippen molar-refractivity contribution in [1.29, 1.82) is 0 Å². The Kier molecular flexibility index (Phi) is 7.42. The van der Waals surface area contributed by atoms with Crippen molar-refractivity contribution in [3.8, 4) is 5.75 Å². The summed E-state index contributed by atoms with van der Waals surface area (Å²) in [4.78, 5) is 2.54. The van der Waals surface area contributed by atoms with Crippen LogP contribution < -0.4 is 9.64 Å². The fourth-order valence-electron chi connectivity index (χ4n) is 3.69. The van der Waals surface area contributed by atoms with Gasteiger partial charge in [-0.1, -0.05) is 37.5 Å². The Labute approximate surface area is 181 Å². The highest BCUT2D eigenvalue weighted by Gasteiger charge is 2.31. The SMILES string of the molecule is CCCCCOc1cc(C)c(C)cc1S(=O)(=O)N1CCN(c2ccc(C)cc2)CC1. The van der Waals surface area contributed by atoms with Crippen LogP contribution in [0.5, 0.6) is 5.75 Å². The summed E-state index contributed by atoms with van der Waals surface area (Å²) >= 11 is 0. The van der Waals surface area contributed by atoms with Crippen molar-refractivity contribution in [2.75, 3.05) is 37.7 Å². The van der Waals surface area contributed by atoms with E-state index in [9.17, 15) is 8.42 Å². The van der Waals surface area contributed by atoms with Gasteiger partial charge in [0.1, 0.15) is 10.6 Å². The van der Waals surface area contributed by atoms with Crippen molar-refractivity contribution < 1.29 is 13.2 Å². The molecule has 1 fully saturated rings. The van der Waals surface area contributed by atoms with E-state index in [1.807, 2.05) is 19.9 Å². The number of piperazine rings is 1. The molecular formula is C24H34N2O3S. The van der Waals surface area contributed by atoms with Crippen LogP contribution >= 0.6 is 0 Å². The summed E-state index contributed by atoms with van der Waals surface area (Å²) in [6, 6.07) is 12.0. The maximum Gasteiger partial charge on any atom is 0.246 e. The van der Waals surface area contributed by atoms with Crippen LogP contribution in [0.3, 0.4) is 0 Å². The Hall–Kier alpha value is -2.05. The second-order valence-electron chi connectivity index (χ2n) is 8.17. The van der Waals surface area contributed by atoms with E-state index in [0.717, 1.165) is 36.1 Å². The number of sulfonamides is 1. The number of ether oxygens (including phenoxy) is 1. The predicted octanol–water partition coefficient (Wildman–Crippen LogP) is 4.69. The van der Waals surface area contributed by atoms with E-state index >= 15 is 0 Å². The van der Waals surface area contributed by atoms with Gasteiger partial charge in [0.25, 0.3) is 0 Å². The van der Waals surface area contributed by atoms with E-state index in [1.165, 1.54) is 5.56 Å². The minimum Gasteiger partial charge on any atom is -0.492 e. The zero-order chi connectivity index (χ0) is 21.7. The molecule has 0 N–H and O–H groups in total. The Morgan fingerprint density at radius 2 is 1.53 bits per heavy atom. The second kappa shape index (κ2) is 9.84. The first-order chi connectivity index (χ1) is 14.3. The lowest BCUT2D eigenvalue weighted by Crippen LogP contribution is -2.48. The van der Waals surface area contributed by atoms with Gasteiger partial charge in [-0.25, -0.2) is 8.42 Å². The van der Waals surface area contributed by atoms with Gasteiger partial charge < -0.3 is 9.64 Å². The zero-order valence-corrected chi connectivity index (χ0v) is 19.5. The molecule has 3 rings (SSSR count). The highest BCUT2D eigenvalue weighted by molar-refractivity contribution is 7.89. The molecule has 0 radical (unpaired) electrons. The van der Waals surface area contributed by atoms with Crippen LogP contribution in [0.1, 0.15) is 42.9 Å². The molecule has 1 heterocycles. The molecule has 0 spiro atoms. The number of aryl methyl sites for hydroxylation is 3. The summed E-state index contributed by atoms with van der Waals surface area (Å²) < 4.78 is 34.5. The van der Waals surface area contributed by atoms with Gasteiger partial charge >= 0.3 is 0 Å². The van der Waals surface area contributed by atoms with E-state index in [0.29, 0.717) is 43.4 Å². The van der Waals surface area contributed by atoms with Crippen LogP contribution in [-0.2, 0) is 10.0 Å². The largest absolute Gasteiger partial charge is 0.492 e. The minimum atomic E-state index is -3.61. The molecule has 164 valence electrons. The fraction of sp³-hybridized carbons (Fsp3) is 0.500. The molecule has 6 heteroatoms. The van der Waals surface area contributed by atoms with Gasteiger partial charge in [0.05, 0.1) is 6.61 Å². The molecular weight excluding hydrogens is 396 g/mol. The molecule has 0 amide bonds. The lowest BCUT2D eigenvalue weighted by Gasteiger charge is -2.35. The normalized spacial score (nSPS) is 15.4. The standard InChI is InChI=1S/C24H34N2O3S/c1-5-6-7-16-29-23-17-20(3)21(4)18-24(23)30(27,28)26-14-12-25(13-15-26)22-10-8-19(2)9-11-22/h8-11,17-18H,5-7,12-16H2,1-4H3. The van der Waals surface area contributed by atoms with Crippen molar-refractivity contribution in [2.24, 2.45) is 0 Å². The number of rotatable bonds is 8. The van der Waals surface area contributed by atoms with Crippen LogP contribution in [0, 0.1) is 20.8 Å². The summed E-state index contributed by atoms with van der Waals surface area (Å²) in [7, 11) is -3.61. The molecule has 0 bridgehead atoms. The first-order valence-corrected chi connectivity index (χ1v) is 12.3. The Morgan fingerprint density at radius 1 is 0.900 bits per heavy atom. The van der Waals surface area contributed by atoms with Crippen molar-refractivity contribution in [3.05, 3.63) is 53.1 Å². The second-order valence-corrected chi connectivity index (χ2v) is 10.1. The Morgan fingerprint density at radius 3 is 2.17 bits per heavy atom. The molecule has 30 heavy (non-hydrogen) atoms. The molecule has 0 aromatic heterocycles. The van der Waals surface area contributed by atoms with E-state index in [2.05, 4.69) is 43.0 Å². The lowest BCUT2D eigenvalue weighted by atomic mass is 10.1. The molecule has 1 saturated heterocycles. The third kappa shape index (κ3) is 5.16. The highest BCUT2D eigenvalue weighted by atomic mass is 32.2. The minimum absolute atomic E-state index is 0.297. The number of nitrogens with zero attached hydrogens (tertiary/aromatic N) is 2. The van der Waals surface area contributed by atoms with Crippen molar-refractivity contribution in [3.63, 3.8) is 0 Å². The van der Waals surface area contributed by atoms with Gasteiger partial charge in [0, 0.05) is 31.9 Å². The quantitative estimate of drug-likeness (QED) is 0.570. The zero-order valence-electron chi connectivity index (χ0n) is 18.6. The van der Waals surface area contributed by atoms with E-state index in [1.54, 1.807) is 10.4 Å². The average molecular weight is 431 g/mol. The Balaban J connectivity index is 1.76. The van der Waals surface area contributed by atoms with Gasteiger partial charge in [0.15, 0.2) is 0 Å². The summed E-state index contributed by atoms with van der Waals surface area (Å²) in [5.41, 5.74) is 4.38. The third-order valence-electron chi connectivity index (χ3n) is 5.82. The summed E-state index contributed by atoms with van der Waals surface area (Å²) in [5.74, 6) is 0.482. The van der Waals surface area contributed by atoms with Crippen LogP contribution in [0.4, 0.5) is 5.69 Å². The summed E-state index contributed by atoms with van der Waals surface area (Å²) in [5, 5.41) is 0. The summed E-state index contributed by atoms with van der Waals surface area (Å²) in [6.45, 7) is 11.0. The van der Waals surface area contributed by atoms with Crippen molar-refractivity contribution >= 4 is 15.7 Å². The number of benzene rings is 2. The van der Waals surface area contributed by atoms with Crippen LogP contribution in [-0.4, -0.2) is 45.5 Å². The molecule has 5 nitrogen and oxygen atoms in total. The number of hydrogen-bond acceptors (Lipinski definition) is 4. The molecule has 0 unspecified atom stereocenters. The average Bonchev–Trinajstić information content (AvgIpc) is 2.74. The van der Waals surface area contributed by atoms with Gasteiger partial charge in [-0.3, -0.25) is 0 Å². The Bertz CT molecular complexity index is 947. The van der Waals surface area contributed by atoms with E-state index in [4.69, 9.17) is 4.74 Å². The first-order valence-electron chi connectivity index (χ1n) is 10.9. The topological polar surface area (TPSA) is 49.9 Å². The highest BCUT2D eigenvalue weighted by Crippen LogP contribution is 2.31. The molecule has 0 saturated carbocycles. The molecule has 0 atom stereocenters. The number of hydrogen-bond donors (Lipinski definition) is 0. The number of anilines is 1. The monoisotopic (exact) mass is 430 g/mol.